The van der Waals surface area contributed by atoms with Crippen molar-refractivity contribution in [2.24, 2.45) is 0 Å². The number of H-pyrrole nitrogens is 1. The first-order valence-electron chi connectivity index (χ1n) is 11.2. The van der Waals surface area contributed by atoms with E-state index in [1.165, 1.54) is 24.0 Å². The molecule has 9 nitrogen and oxygen atoms in total. The van der Waals surface area contributed by atoms with Crippen LogP contribution >= 0.6 is 0 Å². The van der Waals surface area contributed by atoms with E-state index in [2.05, 4.69) is 20.6 Å². The van der Waals surface area contributed by atoms with Crippen LogP contribution in [0.4, 0.5) is 23.7 Å². The lowest BCUT2D eigenvalue weighted by Crippen LogP contribution is -2.39. The molecule has 35 heavy (non-hydrogen) atoms. The zero-order valence-corrected chi connectivity index (χ0v) is 19.2. The standard InChI is InChI=1S/C23H24F3N7O2/c1-13-3-4-15(9-17(13)23(24,25)26)28-22(35)32-8-6-19-16(12-32)20-21(34)31(2)10-14(11-33(20)30-19)18-5-7-27-29-18/h3-5,7,9,14H,6,8,10-12H2,1-2H3,(H,27,29)(H,28,35). The Morgan fingerprint density at radius 2 is 2.03 bits per heavy atom. The third-order valence-corrected chi connectivity index (χ3v) is 6.58. The Morgan fingerprint density at radius 1 is 1.23 bits per heavy atom. The van der Waals surface area contributed by atoms with Gasteiger partial charge in [-0.3, -0.25) is 14.6 Å². The Morgan fingerprint density at radius 3 is 2.74 bits per heavy atom. The van der Waals surface area contributed by atoms with Crippen molar-refractivity contribution in [2.75, 3.05) is 25.5 Å². The van der Waals surface area contributed by atoms with E-state index >= 15 is 0 Å². The fourth-order valence-electron chi connectivity index (χ4n) is 4.73. The van der Waals surface area contributed by atoms with Gasteiger partial charge in [-0.1, -0.05) is 6.07 Å². The van der Waals surface area contributed by atoms with E-state index in [1.54, 1.807) is 22.8 Å². The number of anilines is 1. The lowest BCUT2D eigenvalue weighted by Gasteiger charge is -2.27. The first kappa shape index (κ1) is 22.9. The van der Waals surface area contributed by atoms with Crippen LogP contribution in [0, 0.1) is 6.92 Å². The molecule has 2 aromatic heterocycles. The number of likely N-dealkylation sites (N-methyl/N-ethyl adjacent to an activating group) is 1. The number of alkyl halides is 3. The lowest BCUT2D eigenvalue weighted by molar-refractivity contribution is -0.138. The number of hydrogen-bond donors (Lipinski definition) is 2. The number of hydrogen-bond acceptors (Lipinski definition) is 4. The van der Waals surface area contributed by atoms with Crippen LogP contribution in [0.15, 0.2) is 30.5 Å². The molecule has 4 heterocycles. The van der Waals surface area contributed by atoms with Crippen LogP contribution in [0.3, 0.4) is 0 Å². The number of aromatic amines is 1. The van der Waals surface area contributed by atoms with Gasteiger partial charge in [-0.25, -0.2) is 4.79 Å². The first-order chi connectivity index (χ1) is 16.6. The smallest absolute Gasteiger partial charge is 0.340 e. The van der Waals surface area contributed by atoms with Gasteiger partial charge in [0.25, 0.3) is 5.91 Å². The summed E-state index contributed by atoms with van der Waals surface area (Å²) in [5, 5.41) is 14.2. The molecular weight excluding hydrogens is 463 g/mol. The van der Waals surface area contributed by atoms with E-state index < -0.39 is 17.8 Å². The molecule has 5 rings (SSSR count). The molecule has 0 spiro atoms. The largest absolute Gasteiger partial charge is 0.416 e. The van der Waals surface area contributed by atoms with Gasteiger partial charge in [0.2, 0.25) is 0 Å². The molecule has 1 aromatic carbocycles. The van der Waals surface area contributed by atoms with E-state index in [9.17, 15) is 22.8 Å². The number of halogens is 3. The SMILES string of the molecule is Cc1ccc(NC(=O)N2CCc3nn4c(c3C2)C(=O)N(C)CC(c2ccn[nH]2)C4)cc1C(F)(F)F. The van der Waals surface area contributed by atoms with Crippen LogP contribution in [-0.2, 0) is 25.7 Å². The molecule has 1 unspecified atom stereocenters. The fraction of sp³-hybridized carbons (Fsp3) is 0.391. The van der Waals surface area contributed by atoms with Crippen LogP contribution in [0.2, 0.25) is 0 Å². The van der Waals surface area contributed by atoms with Gasteiger partial charge >= 0.3 is 12.2 Å². The van der Waals surface area contributed by atoms with Crippen molar-refractivity contribution in [1.29, 1.82) is 0 Å². The Balaban J connectivity index is 1.38. The molecule has 3 aromatic rings. The number of fused-ring (bicyclic) bond motifs is 3. The number of nitrogens with zero attached hydrogens (tertiary/aromatic N) is 5. The van der Waals surface area contributed by atoms with Gasteiger partial charge < -0.3 is 15.1 Å². The fourth-order valence-corrected chi connectivity index (χ4v) is 4.73. The van der Waals surface area contributed by atoms with Crippen molar-refractivity contribution in [1.82, 2.24) is 29.8 Å². The number of rotatable bonds is 2. The minimum Gasteiger partial charge on any atom is -0.340 e. The number of carbonyl (C=O) groups excluding carboxylic acids is 2. The molecule has 0 aliphatic carbocycles. The van der Waals surface area contributed by atoms with Crippen LogP contribution in [0.1, 0.15) is 44.5 Å². The highest BCUT2D eigenvalue weighted by Crippen LogP contribution is 2.34. The third kappa shape index (κ3) is 4.24. The highest BCUT2D eigenvalue weighted by Gasteiger charge is 2.36. The Bertz CT molecular complexity index is 1280. The normalized spacial score (nSPS) is 18.2. The van der Waals surface area contributed by atoms with E-state index in [-0.39, 0.29) is 29.6 Å². The van der Waals surface area contributed by atoms with Crippen LogP contribution in [0.25, 0.3) is 0 Å². The second-order valence-electron chi connectivity index (χ2n) is 8.98. The van der Waals surface area contributed by atoms with Crippen molar-refractivity contribution >= 4 is 17.6 Å². The molecule has 0 fully saturated rings. The number of benzene rings is 1. The van der Waals surface area contributed by atoms with Crippen molar-refractivity contribution < 1.29 is 22.8 Å². The average molecular weight is 487 g/mol. The summed E-state index contributed by atoms with van der Waals surface area (Å²) in [5.41, 5.74) is 2.13. The van der Waals surface area contributed by atoms with E-state index in [4.69, 9.17) is 0 Å². The van der Waals surface area contributed by atoms with E-state index in [1.807, 2.05) is 6.07 Å². The summed E-state index contributed by atoms with van der Waals surface area (Å²) in [4.78, 5) is 29.3. The summed E-state index contributed by atoms with van der Waals surface area (Å²) >= 11 is 0. The zero-order chi connectivity index (χ0) is 24.9. The Kier molecular flexibility index (Phi) is 5.53. The van der Waals surface area contributed by atoms with Crippen LogP contribution in [-0.4, -0.2) is 61.9 Å². The monoisotopic (exact) mass is 487 g/mol. The van der Waals surface area contributed by atoms with Crippen molar-refractivity contribution in [2.45, 2.75) is 38.5 Å². The summed E-state index contributed by atoms with van der Waals surface area (Å²) in [7, 11) is 1.73. The van der Waals surface area contributed by atoms with Crippen molar-refractivity contribution in [3.8, 4) is 0 Å². The van der Waals surface area contributed by atoms with Crippen LogP contribution < -0.4 is 5.32 Å². The molecular formula is C23H24F3N7O2. The molecule has 12 heteroatoms. The highest BCUT2D eigenvalue weighted by molar-refractivity contribution is 5.95. The van der Waals surface area contributed by atoms with Gasteiger partial charge in [-0.05, 0) is 30.7 Å². The molecule has 2 aliphatic rings. The van der Waals surface area contributed by atoms with Gasteiger partial charge in [0.05, 0.1) is 24.3 Å². The van der Waals surface area contributed by atoms with Gasteiger partial charge in [0.15, 0.2) is 0 Å². The number of aromatic nitrogens is 4. The summed E-state index contributed by atoms with van der Waals surface area (Å²) in [6.45, 7) is 2.82. The number of aryl methyl sites for hydroxylation is 1. The summed E-state index contributed by atoms with van der Waals surface area (Å²) < 4.78 is 41.5. The second-order valence-corrected chi connectivity index (χ2v) is 8.98. The lowest BCUT2D eigenvalue weighted by atomic mass is 10.0. The minimum atomic E-state index is -4.51. The zero-order valence-electron chi connectivity index (χ0n) is 19.2. The minimum absolute atomic E-state index is 0.0159. The molecule has 0 radical (unpaired) electrons. The topological polar surface area (TPSA) is 99.2 Å². The molecule has 2 N–H and O–H groups in total. The van der Waals surface area contributed by atoms with E-state index in [0.29, 0.717) is 37.3 Å². The predicted octanol–water partition coefficient (Wildman–Crippen LogP) is 3.39. The number of carbonyl (C=O) groups is 2. The van der Waals surface area contributed by atoms with Crippen molar-refractivity contribution in [3.05, 3.63) is 64.2 Å². The van der Waals surface area contributed by atoms with Gasteiger partial charge in [-0.2, -0.15) is 23.4 Å². The molecule has 0 saturated carbocycles. The average Bonchev–Trinajstić information content (AvgIpc) is 3.43. The third-order valence-electron chi connectivity index (χ3n) is 6.58. The molecule has 0 bridgehead atoms. The highest BCUT2D eigenvalue weighted by atomic mass is 19.4. The summed E-state index contributed by atoms with van der Waals surface area (Å²) in [6.07, 6.45) is -2.41. The molecule has 1 atom stereocenters. The molecule has 0 saturated heterocycles. The van der Waals surface area contributed by atoms with Crippen LogP contribution in [0.5, 0.6) is 0 Å². The maximum Gasteiger partial charge on any atom is 0.416 e. The molecule has 184 valence electrons. The number of amides is 3. The Labute approximate surface area is 198 Å². The molecule has 2 aliphatic heterocycles. The maximum absolute atomic E-state index is 13.3. The predicted molar refractivity (Wildman–Crippen MR) is 120 cm³/mol. The van der Waals surface area contributed by atoms with Gasteiger partial charge in [0, 0.05) is 55.6 Å². The summed E-state index contributed by atoms with van der Waals surface area (Å²) in [5.74, 6) is -0.200. The van der Waals surface area contributed by atoms with Gasteiger partial charge in [0.1, 0.15) is 5.69 Å². The Hall–Kier alpha value is -3.83. The molecule has 3 amide bonds. The number of urea groups is 1. The van der Waals surface area contributed by atoms with E-state index in [0.717, 1.165) is 17.5 Å². The van der Waals surface area contributed by atoms with Gasteiger partial charge in [-0.15, -0.1) is 0 Å². The van der Waals surface area contributed by atoms with Crippen molar-refractivity contribution in [3.63, 3.8) is 0 Å². The summed E-state index contributed by atoms with van der Waals surface area (Å²) in [6, 6.07) is 5.05. The first-order valence-corrected chi connectivity index (χ1v) is 11.2. The number of nitrogens with one attached hydrogen (secondary N) is 2. The second kappa shape index (κ2) is 8.43. The quantitative estimate of drug-likeness (QED) is 0.579. The maximum atomic E-state index is 13.3.